The van der Waals surface area contributed by atoms with Gasteiger partial charge in [0.1, 0.15) is 0 Å². The summed E-state index contributed by atoms with van der Waals surface area (Å²) >= 11 is 0. The van der Waals surface area contributed by atoms with E-state index in [0.717, 1.165) is 0 Å². The number of hydrogen-bond acceptors (Lipinski definition) is 1. The predicted octanol–water partition coefficient (Wildman–Crippen LogP) is 1.35. The van der Waals surface area contributed by atoms with Crippen molar-refractivity contribution in [3.05, 3.63) is 26.3 Å². The molecule has 0 aromatic carbocycles. The normalized spacial score (nSPS) is 6.67. The molecule has 0 aliphatic carbocycles. The molecule has 9 heavy (non-hydrogen) atoms. The fourth-order valence-electron chi connectivity index (χ4n) is 0.0722. The van der Waals surface area contributed by atoms with Crippen LogP contribution in [0.1, 0.15) is 0 Å². The van der Waals surface area contributed by atoms with E-state index in [-0.39, 0.29) is 49.0 Å². The van der Waals surface area contributed by atoms with E-state index in [0.29, 0.717) is 0 Å². The van der Waals surface area contributed by atoms with E-state index in [4.69, 9.17) is 16.6 Å². The molecule has 0 spiro atoms. The summed E-state index contributed by atoms with van der Waals surface area (Å²) in [5.74, 6) is 0. The van der Waals surface area contributed by atoms with Gasteiger partial charge < -0.3 is 31.4 Å². The summed E-state index contributed by atoms with van der Waals surface area (Å²) in [6, 6.07) is 0. The molecule has 0 amide bonds. The monoisotopic (exact) mass is 313 g/mol. The van der Waals surface area contributed by atoms with E-state index >= 15 is 0 Å². The van der Waals surface area contributed by atoms with Gasteiger partial charge in [0, 0.05) is 6.10 Å². The quantitative estimate of drug-likeness (QED) is 0.768. The number of aliphatic hydroxyl groups is 1. The van der Waals surface area contributed by atoms with Crippen LogP contribution < -0.4 is 0 Å². The van der Waals surface area contributed by atoms with Crippen molar-refractivity contribution in [3.63, 3.8) is 0 Å². The average molecular weight is 313 g/mol. The molecule has 3 N–H and O–H groups in total. The number of aliphatic hydroxyl groups excluding tert-OH is 1. The first kappa shape index (κ1) is 22.7. The Morgan fingerprint density at radius 1 is 1.11 bits per heavy atom. The third-order valence-electron chi connectivity index (χ3n) is 0.471. The summed E-state index contributed by atoms with van der Waals surface area (Å²) in [6.45, 7) is -0.104. The summed E-state index contributed by atoms with van der Waals surface area (Å²) in [6.07, 6.45) is -0.731. The van der Waals surface area contributed by atoms with Crippen LogP contribution in [0.2, 0.25) is 0 Å². The van der Waals surface area contributed by atoms with Crippen molar-refractivity contribution in [2.75, 3.05) is 13.1 Å². The molecule has 0 saturated heterocycles. The van der Waals surface area contributed by atoms with Crippen LogP contribution in [-0.2, 0) is 21.1 Å². The minimum atomic E-state index is -0.731. The van der Waals surface area contributed by atoms with Gasteiger partial charge in [0.2, 0.25) is 0 Å². The van der Waals surface area contributed by atoms with E-state index < -0.39 is 6.10 Å². The molecule has 0 atom stereocenters. The maximum absolute atomic E-state index is 8.29. The van der Waals surface area contributed by atoms with Gasteiger partial charge in [-0.15, -0.1) is 13.1 Å². The second-order valence-electron chi connectivity index (χ2n) is 1.06. The fraction of sp³-hybridized carbons (Fsp3) is 0.600. The summed E-state index contributed by atoms with van der Waals surface area (Å²) in [7, 11) is 0. The Morgan fingerprint density at radius 2 is 1.33 bits per heavy atom. The first-order valence-electron chi connectivity index (χ1n) is 1.78. The minimum absolute atomic E-state index is 0. The summed E-state index contributed by atoms with van der Waals surface area (Å²) in [4.78, 5) is 0. The molecule has 4 heteroatoms. The molecule has 0 saturated carbocycles. The first-order valence-corrected chi connectivity index (χ1v) is 1.78. The van der Waals surface area contributed by atoms with E-state index in [1.54, 1.807) is 0 Å². The Balaban J connectivity index is -0.0000000417. The predicted molar refractivity (Wildman–Crippen MR) is 37.2 cm³/mol. The minimum Gasteiger partial charge on any atom is -0.675 e. The zero-order chi connectivity index (χ0) is 4.99. The molecular formula is C5H14N2OPt. The molecule has 60 valence electrons. The third-order valence-corrected chi connectivity index (χ3v) is 0.471. The Morgan fingerprint density at radius 3 is 1.33 bits per heavy atom. The van der Waals surface area contributed by atoms with Gasteiger partial charge in [0.15, 0.2) is 0 Å². The largest absolute Gasteiger partial charge is 4.00 e. The van der Waals surface area contributed by atoms with Crippen molar-refractivity contribution < 1.29 is 26.2 Å². The van der Waals surface area contributed by atoms with Crippen molar-refractivity contribution in [1.82, 2.24) is 0 Å². The summed E-state index contributed by atoms with van der Waals surface area (Å²) in [5.41, 5.74) is 12.9. The molecule has 0 unspecified atom stereocenters. The smallest absolute Gasteiger partial charge is 0.675 e. The molecule has 0 heterocycles. The fourth-order valence-corrected chi connectivity index (χ4v) is 0.0722. The number of rotatable bonds is 2. The van der Waals surface area contributed by atoms with Crippen LogP contribution in [0.15, 0.2) is 0 Å². The van der Waals surface area contributed by atoms with Crippen LogP contribution >= 0.6 is 0 Å². The average Bonchev–Trinajstić information content (AvgIpc) is 1.65. The van der Waals surface area contributed by atoms with Crippen molar-refractivity contribution in [2.24, 2.45) is 0 Å². The van der Waals surface area contributed by atoms with Gasteiger partial charge in [-0.05, 0) is 0 Å². The molecule has 0 radical (unpaired) electrons. The molecule has 0 aliphatic heterocycles. The molecular weight excluding hydrogens is 299 g/mol. The maximum Gasteiger partial charge on any atom is 4.00 e. The Kier molecular flexibility index (Phi) is 39.8. The van der Waals surface area contributed by atoms with Crippen molar-refractivity contribution in [3.8, 4) is 0 Å². The molecule has 3 nitrogen and oxygen atoms in total. The Hall–Kier alpha value is 0.568. The van der Waals surface area contributed by atoms with Gasteiger partial charge >= 0.3 is 21.1 Å². The van der Waals surface area contributed by atoms with Crippen molar-refractivity contribution >= 4 is 0 Å². The molecule has 0 aromatic rings. The zero-order valence-corrected chi connectivity index (χ0v) is 8.03. The van der Waals surface area contributed by atoms with Gasteiger partial charge in [0.25, 0.3) is 0 Å². The van der Waals surface area contributed by atoms with E-state index in [1.165, 1.54) is 0 Å². The second-order valence-corrected chi connectivity index (χ2v) is 1.06. The standard InChI is InChI=1S/C3H8N2O.2CH3.Pt/c4-1-3(6)2-5;;;/h3-6H,1-2H2;2*1H3;/q-2;2*-1;+4. The second kappa shape index (κ2) is 15.8. The molecule has 0 aliphatic rings. The van der Waals surface area contributed by atoms with Gasteiger partial charge in [-0.25, -0.2) is 0 Å². The topological polar surface area (TPSA) is 67.8 Å². The molecule has 0 aromatic heterocycles. The van der Waals surface area contributed by atoms with Gasteiger partial charge in [-0.2, -0.15) is 0 Å². The summed E-state index contributed by atoms with van der Waals surface area (Å²) < 4.78 is 0. The van der Waals surface area contributed by atoms with Crippen LogP contribution in [0.3, 0.4) is 0 Å². The van der Waals surface area contributed by atoms with Gasteiger partial charge in [-0.1, -0.05) is 0 Å². The number of nitrogens with one attached hydrogen (secondary N) is 2. The van der Waals surface area contributed by atoms with E-state index in [2.05, 4.69) is 0 Å². The maximum atomic E-state index is 8.29. The first-order chi connectivity index (χ1) is 2.81. The third kappa shape index (κ3) is 17.7. The zero-order valence-electron chi connectivity index (χ0n) is 5.76. The van der Waals surface area contributed by atoms with Crippen molar-refractivity contribution in [1.29, 1.82) is 0 Å². The van der Waals surface area contributed by atoms with Crippen LogP contribution in [0, 0.1) is 14.9 Å². The SMILES string of the molecule is [CH3-].[CH3-].[NH-]CC(O)C[NH-].[Pt+4]. The van der Waals surface area contributed by atoms with Crippen LogP contribution in [0.4, 0.5) is 0 Å². The molecule has 0 bridgehead atoms. The van der Waals surface area contributed by atoms with Crippen LogP contribution in [-0.4, -0.2) is 24.3 Å². The van der Waals surface area contributed by atoms with Gasteiger partial charge in [0.05, 0.1) is 0 Å². The Bertz CT molecular complexity index is 34.1. The van der Waals surface area contributed by atoms with E-state index in [9.17, 15) is 0 Å². The van der Waals surface area contributed by atoms with Crippen LogP contribution in [0.25, 0.3) is 11.5 Å². The molecule has 0 fully saturated rings. The van der Waals surface area contributed by atoms with E-state index in [1.807, 2.05) is 0 Å². The molecule has 0 rings (SSSR count). The van der Waals surface area contributed by atoms with Gasteiger partial charge in [-0.3, -0.25) is 0 Å². The Labute approximate surface area is 72.1 Å². The van der Waals surface area contributed by atoms with Crippen molar-refractivity contribution in [2.45, 2.75) is 6.10 Å². The number of hydrogen-bond donors (Lipinski definition) is 1. The summed E-state index contributed by atoms with van der Waals surface area (Å²) in [5, 5.41) is 8.29. The van der Waals surface area contributed by atoms with Crippen LogP contribution in [0.5, 0.6) is 0 Å².